The van der Waals surface area contributed by atoms with Crippen molar-refractivity contribution in [3.05, 3.63) is 59.7 Å². The Morgan fingerprint density at radius 3 is 2.46 bits per heavy atom. The Morgan fingerprint density at radius 2 is 1.79 bits per heavy atom. The van der Waals surface area contributed by atoms with Crippen LogP contribution in [-0.4, -0.2) is 24.0 Å². The zero-order valence-corrected chi connectivity index (χ0v) is 14.5. The van der Waals surface area contributed by atoms with Gasteiger partial charge in [0.2, 0.25) is 0 Å². The number of rotatable bonds is 5. The van der Waals surface area contributed by atoms with Gasteiger partial charge in [-0.1, -0.05) is 31.2 Å². The lowest BCUT2D eigenvalue weighted by atomic mass is 9.93. The molecule has 2 aromatic rings. The van der Waals surface area contributed by atoms with Crippen molar-refractivity contribution in [1.29, 1.82) is 0 Å². The van der Waals surface area contributed by atoms with Crippen LogP contribution in [0.5, 0.6) is 5.75 Å². The number of hydrogen-bond acceptors (Lipinski definition) is 3. The van der Waals surface area contributed by atoms with Gasteiger partial charge in [-0.05, 0) is 50.1 Å². The van der Waals surface area contributed by atoms with Gasteiger partial charge >= 0.3 is 0 Å². The fourth-order valence-electron chi connectivity index (χ4n) is 3.24. The summed E-state index contributed by atoms with van der Waals surface area (Å²) in [6.07, 6.45) is 0.982. The molecule has 3 rings (SSSR count). The van der Waals surface area contributed by atoms with Crippen molar-refractivity contribution < 1.29 is 9.53 Å². The van der Waals surface area contributed by atoms with Gasteiger partial charge in [0.1, 0.15) is 11.4 Å². The Balaban J connectivity index is 1.97. The topological polar surface area (TPSA) is 41.6 Å². The average molecular weight is 324 g/mol. The number of benzene rings is 2. The molecule has 0 aromatic heterocycles. The van der Waals surface area contributed by atoms with Crippen LogP contribution in [-0.2, 0) is 5.66 Å². The van der Waals surface area contributed by atoms with E-state index in [0.29, 0.717) is 13.2 Å². The quantitative estimate of drug-likeness (QED) is 0.894. The first kappa shape index (κ1) is 16.4. The molecule has 24 heavy (non-hydrogen) atoms. The van der Waals surface area contributed by atoms with Crippen LogP contribution in [0, 0.1) is 0 Å². The monoisotopic (exact) mass is 324 g/mol. The number of anilines is 1. The first-order valence-corrected chi connectivity index (χ1v) is 8.52. The fourth-order valence-corrected chi connectivity index (χ4v) is 3.24. The minimum Gasteiger partial charge on any atom is -0.494 e. The van der Waals surface area contributed by atoms with Gasteiger partial charge < -0.3 is 15.0 Å². The molecule has 2 aromatic carbocycles. The Morgan fingerprint density at radius 1 is 1.08 bits per heavy atom. The summed E-state index contributed by atoms with van der Waals surface area (Å²) in [4.78, 5) is 14.8. The molecule has 0 bridgehead atoms. The van der Waals surface area contributed by atoms with Gasteiger partial charge in [-0.3, -0.25) is 4.79 Å². The second kappa shape index (κ2) is 6.56. The molecule has 1 unspecified atom stereocenters. The Kier molecular flexibility index (Phi) is 4.47. The molecule has 1 N–H and O–H groups in total. The van der Waals surface area contributed by atoms with Gasteiger partial charge in [-0.2, -0.15) is 0 Å². The maximum Gasteiger partial charge on any atom is 0.258 e. The minimum atomic E-state index is -0.580. The predicted molar refractivity (Wildman–Crippen MR) is 96.4 cm³/mol. The Hall–Kier alpha value is -2.49. The second-order valence-electron chi connectivity index (χ2n) is 6.17. The van der Waals surface area contributed by atoms with Crippen LogP contribution in [0.25, 0.3) is 0 Å². The van der Waals surface area contributed by atoms with E-state index in [1.807, 2.05) is 67.3 Å². The van der Waals surface area contributed by atoms with Crippen LogP contribution < -0.4 is 10.1 Å². The molecule has 0 spiro atoms. The van der Waals surface area contributed by atoms with Crippen molar-refractivity contribution in [2.45, 2.75) is 32.9 Å². The molecular formula is C20H24N2O2. The lowest BCUT2D eigenvalue weighted by Crippen LogP contribution is -2.55. The number of nitrogens with one attached hydrogen (secondary N) is 1. The van der Waals surface area contributed by atoms with Crippen molar-refractivity contribution in [1.82, 2.24) is 4.90 Å². The van der Waals surface area contributed by atoms with Crippen LogP contribution in [0.4, 0.5) is 5.69 Å². The van der Waals surface area contributed by atoms with E-state index in [9.17, 15) is 4.79 Å². The standard InChI is InChI=1S/C20H24N2O2/c1-4-14-24-16-12-10-15(11-13-16)20(3)21-18-9-7-6-8-17(18)19(23)22(20)5-2/h6-13,21H,4-5,14H2,1-3H3. The molecule has 0 aliphatic carbocycles. The number of carbonyl (C=O) groups is 1. The summed E-state index contributed by atoms with van der Waals surface area (Å²) in [7, 11) is 0. The molecular weight excluding hydrogens is 300 g/mol. The molecule has 0 radical (unpaired) electrons. The summed E-state index contributed by atoms with van der Waals surface area (Å²) in [5, 5.41) is 3.55. The van der Waals surface area contributed by atoms with Crippen LogP contribution in [0.1, 0.15) is 43.1 Å². The van der Waals surface area contributed by atoms with E-state index in [2.05, 4.69) is 12.2 Å². The number of hydrogen-bond donors (Lipinski definition) is 1. The molecule has 1 aliphatic heterocycles. The SMILES string of the molecule is CCCOc1ccc(C2(C)Nc3ccccc3C(=O)N2CC)cc1. The van der Waals surface area contributed by atoms with Crippen molar-refractivity contribution in [3.63, 3.8) is 0 Å². The maximum absolute atomic E-state index is 12.9. The number of nitrogens with zero attached hydrogens (tertiary/aromatic N) is 1. The third kappa shape index (κ3) is 2.73. The maximum atomic E-state index is 12.9. The minimum absolute atomic E-state index is 0.0562. The normalized spacial score (nSPS) is 19.6. The molecule has 1 aliphatic rings. The van der Waals surface area contributed by atoms with Crippen LogP contribution >= 0.6 is 0 Å². The molecule has 0 saturated carbocycles. The van der Waals surface area contributed by atoms with E-state index < -0.39 is 5.66 Å². The van der Waals surface area contributed by atoms with Crippen molar-refractivity contribution in [3.8, 4) is 5.75 Å². The first-order valence-electron chi connectivity index (χ1n) is 8.52. The number of ether oxygens (including phenoxy) is 1. The molecule has 0 fully saturated rings. The van der Waals surface area contributed by atoms with E-state index in [1.54, 1.807) is 0 Å². The zero-order chi connectivity index (χ0) is 17.2. The predicted octanol–water partition coefficient (Wildman–Crippen LogP) is 4.24. The average Bonchev–Trinajstić information content (AvgIpc) is 2.60. The van der Waals surface area contributed by atoms with Crippen LogP contribution in [0.15, 0.2) is 48.5 Å². The highest BCUT2D eigenvalue weighted by Crippen LogP contribution is 2.37. The highest BCUT2D eigenvalue weighted by molar-refractivity contribution is 6.02. The van der Waals surface area contributed by atoms with E-state index in [-0.39, 0.29) is 5.91 Å². The summed E-state index contributed by atoms with van der Waals surface area (Å²) >= 11 is 0. The van der Waals surface area contributed by atoms with Crippen LogP contribution in [0.3, 0.4) is 0 Å². The third-order valence-corrected chi connectivity index (χ3v) is 4.53. The molecule has 1 atom stereocenters. The van der Waals surface area contributed by atoms with Crippen molar-refractivity contribution >= 4 is 11.6 Å². The molecule has 1 amide bonds. The smallest absolute Gasteiger partial charge is 0.258 e. The third-order valence-electron chi connectivity index (χ3n) is 4.53. The molecule has 4 nitrogen and oxygen atoms in total. The molecule has 0 saturated heterocycles. The summed E-state index contributed by atoms with van der Waals surface area (Å²) in [5.41, 5.74) is 2.06. The number of para-hydroxylation sites is 1. The number of amides is 1. The summed E-state index contributed by atoms with van der Waals surface area (Å²) in [6, 6.07) is 15.7. The van der Waals surface area contributed by atoms with Gasteiger partial charge in [-0.15, -0.1) is 0 Å². The van der Waals surface area contributed by atoms with E-state index in [4.69, 9.17) is 4.74 Å². The van der Waals surface area contributed by atoms with E-state index >= 15 is 0 Å². The lowest BCUT2D eigenvalue weighted by molar-refractivity contribution is 0.0553. The van der Waals surface area contributed by atoms with Gasteiger partial charge in [0, 0.05) is 12.2 Å². The number of carbonyl (C=O) groups excluding carboxylic acids is 1. The van der Waals surface area contributed by atoms with E-state index in [1.165, 1.54) is 0 Å². The van der Waals surface area contributed by atoms with Crippen LogP contribution in [0.2, 0.25) is 0 Å². The highest BCUT2D eigenvalue weighted by Gasteiger charge is 2.41. The largest absolute Gasteiger partial charge is 0.494 e. The Bertz CT molecular complexity index is 727. The van der Waals surface area contributed by atoms with Gasteiger partial charge in [0.25, 0.3) is 5.91 Å². The summed E-state index contributed by atoms with van der Waals surface area (Å²) in [6.45, 7) is 7.48. The Labute approximate surface area is 143 Å². The van der Waals surface area contributed by atoms with Gasteiger partial charge in [0.15, 0.2) is 0 Å². The van der Waals surface area contributed by atoms with Gasteiger partial charge in [-0.25, -0.2) is 0 Å². The first-order chi connectivity index (χ1) is 11.6. The second-order valence-corrected chi connectivity index (χ2v) is 6.17. The molecule has 4 heteroatoms. The number of fused-ring (bicyclic) bond motifs is 1. The highest BCUT2D eigenvalue weighted by atomic mass is 16.5. The summed E-state index contributed by atoms with van der Waals surface area (Å²) in [5.74, 6) is 0.912. The van der Waals surface area contributed by atoms with Gasteiger partial charge in [0.05, 0.1) is 12.2 Å². The lowest BCUT2D eigenvalue weighted by Gasteiger charge is -2.46. The summed E-state index contributed by atoms with van der Waals surface area (Å²) < 4.78 is 5.66. The zero-order valence-electron chi connectivity index (χ0n) is 14.5. The molecule has 126 valence electrons. The molecule has 1 heterocycles. The van der Waals surface area contributed by atoms with Crippen molar-refractivity contribution in [2.24, 2.45) is 0 Å². The van der Waals surface area contributed by atoms with Crippen molar-refractivity contribution in [2.75, 3.05) is 18.5 Å². The van der Waals surface area contributed by atoms with E-state index in [0.717, 1.165) is 29.0 Å². The fraction of sp³-hybridized carbons (Fsp3) is 0.350.